The van der Waals surface area contributed by atoms with E-state index in [1.165, 1.54) is 0 Å². The first-order valence-electron chi connectivity index (χ1n) is 9.33. The molecule has 0 unspecified atom stereocenters. The molecule has 4 aromatic carbocycles. The van der Waals surface area contributed by atoms with Gasteiger partial charge in [-0.25, -0.2) is 0 Å². The highest BCUT2D eigenvalue weighted by atomic mass is 16.3. The number of phenolic OH excluding ortho intramolecular Hbond substituents is 2. The monoisotopic (exact) mass is 366 g/mol. The number of hydrogen-bond acceptors (Lipinski definition) is 2. The van der Waals surface area contributed by atoms with E-state index in [0.29, 0.717) is 0 Å². The molecular formula is C26H22O2. The second-order valence-corrected chi connectivity index (χ2v) is 7.05. The molecule has 4 rings (SSSR count). The van der Waals surface area contributed by atoms with Crippen molar-refractivity contribution in [2.75, 3.05) is 0 Å². The molecular weight excluding hydrogens is 344 g/mol. The second-order valence-electron chi connectivity index (χ2n) is 7.05. The van der Waals surface area contributed by atoms with Gasteiger partial charge >= 0.3 is 0 Å². The standard InChI is InChI=1S/C26H22O2/c1-17-15-21(13-14-23(17)27)26-22(19-9-5-3-6-10-19)16-24(28)18(2)25(26)20-11-7-4-8-12-20/h3-16,27-28H,1-2H3. The lowest BCUT2D eigenvalue weighted by molar-refractivity contribution is 0.470. The summed E-state index contributed by atoms with van der Waals surface area (Å²) in [5.74, 6) is 0.554. The molecule has 4 aromatic rings. The Morgan fingerprint density at radius 3 is 1.75 bits per heavy atom. The van der Waals surface area contributed by atoms with Crippen LogP contribution in [0.3, 0.4) is 0 Å². The zero-order chi connectivity index (χ0) is 19.7. The third-order valence-electron chi connectivity index (χ3n) is 5.19. The van der Waals surface area contributed by atoms with Crippen molar-refractivity contribution < 1.29 is 10.2 Å². The summed E-state index contributed by atoms with van der Waals surface area (Å²) in [6.07, 6.45) is 0. The SMILES string of the molecule is Cc1cc(-c2c(-c3ccccc3)cc(O)c(C)c2-c2ccccc2)ccc1O. The van der Waals surface area contributed by atoms with Crippen molar-refractivity contribution in [2.24, 2.45) is 0 Å². The van der Waals surface area contributed by atoms with Crippen LogP contribution >= 0.6 is 0 Å². The van der Waals surface area contributed by atoms with Crippen LogP contribution in [0, 0.1) is 13.8 Å². The van der Waals surface area contributed by atoms with Gasteiger partial charge in [0.25, 0.3) is 0 Å². The summed E-state index contributed by atoms with van der Waals surface area (Å²) >= 11 is 0. The Hall–Kier alpha value is -3.52. The lowest BCUT2D eigenvalue weighted by atomic mass is 9.84. The molecule has 28 heavy (non-hydrogen) atoms. The number of hydrogen-bond donors (Lipinski definition) is 2. The van der Waals surface area contributed by atoms with Gasteiger partial charge in [0.2, 0.25) is 0 Å². The Kier molecular flexibility index (Phi) is 4.62. The van der Waals surface area contributed by atoms with Crippen LogP contribution in [-0.2, 0) is 0 Å². The first-order chi connectivity index (χ1) is 13.6. The zero-order valence-corrected chi connectivity index (χ0v) is 16.0. The molecule has 0 fully saturated rings. The molecule has 0 spiro atoms. The fourth-order valence-electron chi connectivity index (χ4n) is 3.69. The van der Waals surface area contributed by atoms with Gasteiger partial charge in [0.15, 0.2) is 0 Å². The highest BCUT2D eigenvalue weighted by Crippen LogP contribution is 2.45. The van der Waals surface area contributed by atoms with E-state index in [4.69, 9.17) is 0 Å². The van der Waals surface area contributed by atoms with Crippen molar-refractivity contribution >= 4 is 0 Å². The third kappa shape index (κ3) is 3.14. The summed E-state index contributed by atoms with van der Waals surface area (Å²) in [6, 6.07) is 27.7. The molecule has 0 aromatic heterocycles. The second kappa shape index (κ2) is 7.24. The van der Waals surface area contributed by atoms with Crippen molar-refractivity contribution in [3.8, 4) is 44.9 Å². The molecule has 0 aliphatic carbocycles. The highest BCUT2D eigenvalue weighted by Gasteiger charge is 2.19. The Balaban J connectivity index is 2.13. The molecule has 0 saturated heterocycles. The van der Waals surface area contributed by atoms with Gasteiger partial charge in [-0.2, -0.15) is 0 Å². The molecule has 0 atom stereocenters. The Bertz CT molecular complexity index is 1130. The Morgan fingerprint density at radius 1 is 0.536 bits per heavy atom. The van der Waals surface area contributed by atoms with E-state index < -0.39 is 0 Å². The molecule has 2 heteroatoms. The maximum Gasteiger partial charge on any atom is 0.119 e. The van der Waals surface area contributed by atoms with Gasteiger partial charge < -0.3 is 10.2 Å². The zero-order valence-electron chi connectivity index (χ0n) is 16.0. The summed E-state index contributed by atoms with van der Waals surface area (Å²) in [5, 5.41) is 20.8. The van der Waals surface area contributed by atoms with Crippen LogP contribution in [0.15, 0.2) is 84.9 Å². The maximum atomic E-state index is 10.7. The van der Waals surface area contributed by atoms with Crippen LogP contribution in [0.5, 0.6) is 11.5 Å². The van der Waals surface area contributed by atoms with Crippen molar-refractivity contribution in [1.29, 1.82) is 0 Å². The molecule has 0 radical (unpaired) electrons. The molecule has 2 N–H and O–H groups in total. The molecule has 0 aliphatic heterocycles. The van der Waals surface area contributed by atoms with E-state index in [1.54, 1.807) is 6.07 Å². The van der Waals surface area contributed by atoms with Crippen LogP contribution in [0.25, 0.3) is 33.4 Å². The first kappa shape index (κ1) is 17.9. The summed E-state index contributed by atoms with van der Waals surface area (Å²) in [7, 11) is 0. The predicted molar refractivity (Wildman–Crippen MR) is 116 cm³/mol. The molecule has 0 aliphatic rings. The van der Waals surface area contributed by atoms with Crippen molar-refractivity contribution in [3.05, 3.63) is 96.1 Å². The summed E-state index contributed by atoms with van der Waals surface area (Å²) < 4.78 is 0. The highest BCUT2D eigenvalue weighted by molar-refractivity contribution is 5.97. The van der Waals surface area contributed by atoms with E-state index in [2.05, 4.69) is 24.3 Å². The number of phenols is 2. The molecule has 0 amide bonds. The number of rotatable bonds is 3. The van der Waals surface area contributed by atoms with Crippen LogP contribution < -0.4 is 0 Å². The molecule has 0 heterocycles. The summed E-state index contributed by atoms with van der Waals surface area (Å²) in [6.45, 7) is 3.85. The van der Waals surface area contributed by atoms with E-state index in [-0.39, 0.29) is 11.5 Å². The minimum atomic E-state index is 0.275. The lowest BCUT2D eigenvalue weighted by Gasteiger charge is -2.20. The van der Waals surface area contributed by atoms with Gasteiger partial charge in [-0.15, -0.1) is 0 Å². The van der Waals surface area contributed by atoms with Crippen molar-refractivity contribution in [2.45, 2.75) is 13.8 Å². The van der Waals surface area contributed by atoms with Gasteiger partial charge in [-0.1, -0.05) is 66.7 Å². The first-order valence-corrected chi connectivity index (χ1v) is 9.33. The lowest BCUT2D eigenvalue weighted by Crippen LogP contribution is -1.95. The predicted octanol–water partition coefficient (Wildman–Crippen LogP) is 6.72. The summed E-state index contributed by atoms with van der Waals surface area (Å²) in [5.41, 5.74) is 7.78. The molecule has 0 bridgehead atoms. The minimum Gasteiger partial charge on any atom is -0.508 e. The van der Waals surface area contributed by atoms with E-state index in [1.807, 2.05) is 68.4 Å². The van der Waals surface area contributed by atoms with Gasteiger partial charge in [-0.05, 0) is 76.6 Å². The van der Waals surface area contributed by atoms with Crippen LogP contribution in [-0.4, -0.2) is 10.2 Å². The fraction of sp³-hybridized carbons (Fsp3) is 0.0769. The van der Waals surface area contributed by atoms with Crippen LogP contribution in [0.1, 0.15) is 11.1 Å². The van der Waals surface area contributed by atoms with Gasteiger partial charge in [0, 0.05) is 0 Å². The molecule has 2 nitrogen and oxygen atoms in total. The number of aromatic hydroxyl groups is 2. The Labute approximate surface area is 165 Å². The fourth-order valence-corrected chi connectivity index (χ4v) is 3.69. The topological polar surface area (TPSA) is 40.5 Å². The summed E-state index contributed by atoms with van der Waals surface area (Å²) in [4.78, 5) is 0. The number of aryl methyl sites for hydroxylation is 1. The largest absolute Gasteiger partial charge is 0.508 e. The third-order valence-corrected chi connectivity index (χ3v) is 5.19. The minimum absolute atomic E-state index is 0.275. The molecule has 0 saturated carbocycles. The quantitative estimate of drug-likeness (QED) is 0.423. The van der Waals surface area contributed by atoms with E-state index in [0.717, 1.165) is 44.5 Å². The van der Waals surface area contributed by atoms with E-state index in [9.17, 15) is 10.2 Å². The normalized spacial score (nSPS) is 10.8. The molecule has 138 valence electrons. The number of benzene rings is 4. The smallest absolute Gasteiger partial charge is 0.119 e. The van der Waals surface area contributed by atoms with E-state index >= 15 is 0 Å². The maximum absolute atomic E-state index is 10.7. The van der Waals surface area contributed by atoms with Crippen molar-refractivity contribution in [1.82, 2.24) is 0 Å². The average molecular weight is 366 g/mol. The van der Waals surface area contributed by atoms with Crippen LogP contribution in [0.2, 0.25) is 0 Å². The van der Waals surface area contributed by atoms with Crippen LogP contribution in [0.4, 0.5) is 0 Å². The Morgan fingerprint density at radius 2 is 1.14 bits per heavy atom. The van der Waals surface area contributed by atoms with Gasteiger partial charge in [-0.3, -0.25) is 0 Å². The average Bonchev–Trinajstić information content (AvgIpc) is 2.73. The van der Waals surface area contributed by atoms with Gasteiger partial charge in [0.05, 0.1) is 0 Å². The van der Waals surface area contributed by atoms with Gasteiger partial charge in [0.1, 0.15) is 11.5 Å². The van der Waals surface area contributed by atoms with Crippen molar-refractivity contribution in [3.63, 3.8) is 0 Å².